The SMILES string of the molecule is O=S1(=O)CCCN(S(=O)(=O)c2csc(CCl)c2)CC1. The Morgan fingerprint density at radius 2 is 2.05 bits per heavy atom. The first-order valence-electron chi connectivity index (χ1n) is 5.69. The van der Waals surface area contributed by atoms with Crippen molar-refractivity contribution in [3.05, 3.63) is 16.3 Å². The van der Waals surface area contributed by atoms with Crippen LogP contribution in [-0.2, 0) is 25.7 Å². The maximum absolute atomic E-state index is 12.4. The van der Waals surface area contributed by atoms with Crippen molar-refractivity contribution in [3.8, 4) is 0 Å². The molecule has 0 radical (unpaired) electrons. The zero-order valence-electron chi connectivity index (χ0n) is 10.1. The number of alkyl halides is 1. The van der Waals surface area contributed by atoms with Crippen molar-refractivity contribution in [2.75, 3.05) is 24.6 Å². The first-order chi connectivity index (χ1) is 8.85. The molecular weight excluding hydrogens is 330 g/mol. The third kappa shape index (κ3) is 3.49. The van der Waals surface area contributed by atoms with Gasteiger partial charge in [-0.2, -0.15) is 4.31 Å². The highest BCUT2D eigenvalue weighted by Crippen LogP contribution is 2.24. The lowest BCUT2D eigenvalue weighted by atomic mass is 10.5. The van der Waals surface area contributed by atoms with Crippen LogP contribution < -0.4 is 0 Å². The fraction of sp³-hybridized carbons (Fsp3) is 0.600. The summed E-state index contributed by atoms with van der Waals surface area (Å²) in [6.07, 6.45) is 0.341. The highest BCUT2D eigenvalue weighted by molar-refractivity contribution is 7.91. The molecule has 0 aliphatic carbocycles. The molecule has 1 aliphatic heterocycles. The molecule has 1 aliphatic rings. The Morgan fingerprint density at radius 3 is 2.68 bits per heavy atom. The van der Waals surface area contributed by atoms with Crippen molar-refractivity contribution in [3.63, 3.8) is 0 Å². The fourth-order valence-corrected chi connectivity index (χ4v) is 6.11. The van der Waals surface area contributed by atoms with Gasteiger partial charge in [-0.3, -0.25) is 0 Å². The summed E-state index contributed by atoms with van der Waals surface area (Å²) < 4.78 is 49.0. The molecule has 0 bridgehead atoms. The molecule has 0 saturated carbocycles. The van der Waals surface area contributed by atoms with Crippen LogP contribution in [0.15, 0.2) is 16.3 Å². The molecule has 1 saturated heterocycles. The lowest BCUT2D eigenvalue weighted by molar-refractivity contribution is 0.435. The monoisotopic (exact) mass is 343 g/mol. The predicted molar refractivity (Wildman–Crippen MR) is 75.9 cm³/mol. The summed E-state index contributed by atoms with van der Waals surface area (Å²) in [6.45, 7) is 0.268. The molecule has 0 aromatic carbocycles. The maximum atomic E-state index is 12.4. The number of hydrogen-bond acceptors (Lipinski definition) is 5. The average molecular weight is 344 g/mol. The molecule has 2 rings (SSSR count). The van der Waals surface area contributed by atoms with Gasteiger partial charge in [0.05, 0.1) is 22.3 Å². The minimum Gasteiger partial charge on any atom is -0.229 e. The van der Waals surface area contributed by atoms with E-state index in [1.54, 1.807) is 11.4 Å². The van der Waals surface area contributed by atoms with Crippen LogP contribution in [0.25, 0.3) is 0 Å². The van der Waals surface area contributed by atoms with Crippen LogP contribution in [0.4, 0.5) is 0 Å². The van der Waals surface area contributed by atoms with Gasteiger partial charge in [-0.15, -0.1) is 22.9 Å². The summed E-state index contributed by atoms with van der Waals surface area (Å²) in [4.78, 5) is 0.982. The van der Waals surface area contributed by atoms with Gasteiger partial charge in [0.2, 0.25) is 10.0 Å². The lowest BCUT2D eigenvalue weighted by Crippen LogP contribution is -2.33. The minimum absolute atomic E-state index is 0.0245. The molecular formula is C10H14ClNO4S3. The number of sulfonamides is 1. The summed E-state index contributed by atoms with van der Waals surface area (Å²) >= 11 is 6.95. The second kappa shape index (κ2) is 5.69. The standard InChI is InChI=1S/C10H14ClNO4S3/c11-7-9-6-10(8-17-9)19(15,16)12-2-1-4-18(13,14)5-3-12/h6,8H,1-5,7H2. The largest absolute Gasteiger partial charge is 0.243 e. The van der Waals surface area contributed by atoms with Crippen LogP contribution in [0.1, 0.15) is 11.3 Å². The third-order valence-corrected chi connectivity index (χ3v) is 8.04. The second-order valence-corrected chi connectivity index (χ2v) is 9.80. The van der Waals surface area contributed by atoms with Crippen molar-refractivity contribution >= 4 is 42.8 Å². The molecule has 1 fully saturated rings. The van der Waals surface area contributed by atoms with Gasteiger partial charge in [0.25, 0.3) is 0 Å². The van der Waals surface area contributed by atoms with Crippen molar-refractivity contribution in [1.82, 2.24) is 4.31 Å². The van der Waals surface area contributed by atoms with E-state index in [9.17, 15) is 16.8 Å². The molecule has 0 amide bonds. The van der Waals surface area contributed by atoms with Crippen LogP contribution in [0.3, 0.4) is 0 Å². The van der Waals surface area contributed by atoms with Gasteiger partial charge in [-0.1, -0.05) is 0 Å². The first-order valence-corrected chi connectivity index (χ1v) is 10.4. The van der Waals surface area contributed by atoms with Crippen LogP contribution in [0.5, 0.6) is 0 Å². The molecule has 19 heavy (non-hydrogen) atoms. The van der Waals surface area contributed by atoms with Crippen LogP contribution in [0.2, 0.25) is 0 Å². The summed E-state index contributed by atoms with van der Waals surface area (Å²) in [6, 6.07) is 1.55. The van der Waals surface area contributed by atoms with E-state index < -0.39 is 19.9 Å². The van der Waals surface area contributed by atoms with E-state index in [0.717, 1.165) is 4.88 Å². The van der Waals surface area contributed by atoms with Crippen molar-refractivity contribution in [2.24, 2.45) is 0 Å². The van der Waals surface area contributed by atoms with E-state index in [2.05, 4.69) is 0 Å². The topological polar surface area (TPSA) is 71.5 Å². The van der Waals surface area contributed by atoms with Gasteiger partial charge in [-0.25, -0.2) is 16.8 Å². The Hall–Kier alpha value is -0.150. The quantitative estimate of drug-likeness (QED) is 0.775. The minimum atomic E-state index is -3.60. The Morgan fingerprint density at radius 1 is 1.32 bits per heavy atom. The van der Waals surface area contributed by atoms with E-state index in [1.165, 1.54) is 15.6 Å². The Bertz CT molecular complexity index is 650. The Labute approximate surface area is 122 Å². The Kier molecular flexibility index (Phi) is 4.56. The van der Waals surface area contributed by atoms with Crippen LogP contribution >= 0.6 is 22.9 Å². The zero-order valence-corrected chi connectivity index (χ0v) is 13.3. The zero-order chi connectivity index (χ0) is 14.1. The van der Waals surface area contributed by atoms with Gasteiger partial charge in [0.1, 0.15) is 0 Å². The fourth-order valence-electron chi connectivity index (χ4n) is 1.87. The van der Waals surface area contributed by atoms with Crippen molar-refractivity contribution in [2.45, 2.75) is 17.2 Å². The van der Waals surface area contributed by atoms with Crippen molar-refractivity contribution < 1.29 is 16.8 Å². The third-order valence-electron chi connectivity index (χ3n) is 2.91. The second-order valence-electron chi connectivity index (χ2n) is 4.29. The van der Waals surface area contributed by atoms with Gasteiger partial charge in [0.15, 0.2) is 9.84 Å². The van der Waals surface area contributed by atoms with E-state index in [0.29, 0.717) is 6.42 Å². The van der Waals surface area contributed by atoms with Gasteiger partial charge >= 0.3 is 0 Å². The first kappa shape index (κ1) is 15.2. The molecule has 1 aromatic heterocycles. The molecule has 108 valence electrons. The molecule has 0 atom stereocenters. The Balaban J connectivity index is 2.24. The van der Waals surface area contributed by atoms with Crippen molar-refractivity contribution in [1.29, 1.82) is 0 Å². The maximum Gasteiger partial charge on any atom is 0.243 e. The number of halogens is 1. The number of sulfone groups is 1. The molecule has 0 spiro atoms. The number of nitrogens with zero attached hydrogens (tertiary/aromatic N) is 1. The highest BCUT2D eigenvalue weighted by atomic mass is 35.5. The molecule has 0 N–H and O–H groups in total. The smallest absolute Gasteiger partial charge is 0.229 e. The molecule has 2 heterocycles. The normalized spacial score (nSPS) is 21.1. The van der Waals surface area contributed by atoms with E-state index in [-0.39, 0.29) is 35.4 Å². The summed E-state index contributed by atoms with van der Waals surface area (Å²) in [5.41, 5.74) is 0. The van der Waals surface area contributed by atoms with E-state index in [4.69, 9.17) is 11.6 Å². The van der Waals surface area contributed by atoms with Gasteiger partial charge in [-0.05, 0) is 12.5 Å². The molecule has 0 unspecified atom stereocenters. The highest BCUT2D eigenvalue weighted by Gasteiger charge is 2.29. The predicted octanol–water partition coefficient (Wildman–Crippen LogP) is 1.30. The summed E-state index contributed by atoms with van der Waals surface area (Å²) in [5, 5.41) is 1.55. The summed E-state index contributed by atoms with van der Waals surface area (Å²) in [7, 11) is -6.72. The molecule has 1 aromatic rings. The van der Waals surface area contributed by atoms with E-state index in [1.807, 2.05) is 0 Å². The lowest BCUT2D eigenvalue weighted by Gasteiger charge is -2.18. The van der Waals surface area contributed by atoms with Crippen LogP contribution in [-0.4, -0.2) is 45.7 Å². The van der Waals surface area contributed by atoms with Gasteiger partial charge in [0, 0.05) is 23.3 Å². The number of hydrogen-bond donors (Lipinski definition) is 0. The average Bonchev–Trinajstić information content (AvgIpc) is 2.75. The molecule has 5 nitrogen and oxygen atoms in total. The van der Waals surface area contributed by atoms with E-state index >= 15 is 0 Å². The van der Waals surface area contributed by atoms with Crippen LogP contribution in [0, 0.1) is 0 Å². The number of rotatable bonds is 3. The number of thiophene rings is 1. The summed E-state index contributed by atoms with van der Waals surface area (Å²) in [5.74, 6) is 0.211. The molecule has 9 heteroatoms. The van der Waals surface area contributed by atoms with Gasteiger partial charge < -0.3 is 0 Å².